The van der Waals surface area contributed by atoms with E-state index in [0.29, 0.717) is 12.1 Å². The molecule has 0 spiro atoms. The number of unbranched alkanes of at least 4 members (excludes halogenated alkanes) is 2. The summed E-state index contributed by atoms with van der Waals surface area (Å²) in [5.74, 6) is 0.177. The lowest BCUT2D eigenvalue weighted by molar-refractivity contribution is -0.113. The van der Waals surface area contributed by atoms with Crippen molar-refractivity contribution in [2.45, 2.75) is 64.9 Å². The molecule has 86 valence electrons. The summed E-state index contributed by atoms with van der Waals surface area (Å²) < 4.78 is 0. The fraction of sp³-hybridized carbons (Fsp3) is 0.833. The van der Waals surface area contributed by atoms with Crippen LogP contribution in [-0.2, 0) is 9.63 Å². The Hall–Kier alpha value is -0.860. The SMILES string of the molecule is CCCCC(=O)C1=NOC(CCCC)C1. The van der Waals surface area contributed by atoms with E-state index < -0.39 is 0 Å². The third kappa shape index (κ3) is 4.02. The summed E-state index contributed by atoms with van der Waals surface area (Å²) in [7, 11) is 0. The number of nitrogens with zero attached hydrogens (tertiary/aromatic N) is 1. The molecular formula is C12H21NO2. The highest BCUT2D eigenvalue weighted by atomic mass is 16.6. The molecular weight excluding hydrogens is 190 g/mol. The van der Waals surface area contributed by atoms with Crippen LogP contribution in [0, 0.1) is 0 Å². The van der Waals surface area contributed by atoms with E-state index in [2.05, 4.69) is 19.0 Å². The van der Waals surface area contributed by atoms with E-state index in [0.717, 1.165) is 32.1 Å². The Kier molecular flexibility index (Phi) is 5.37. The van der Waals surface area contributed by atoms with E-state index in [4.69, 9.17) is 4.84 Å². The summed E-state index contributed by atoms with van der Waals surface area (Å²) in [6.07, 6.45) is 6.85. The van der Waals surface area contributed by atoms with Crippen molar-refractivity contribution >= 4 is 11.5 Å². The van der Waals surface area contributed by atoms with Crippen LogP contribution < -0.4 is 0 Å². The van der Waals surface area contributed by atoms with Gasteiger partial charge in [0.1, 0.15) is 11.8 Å². The first-order valence-corrected chi connectivity index (χ1v) is 6.03. The highest BCUT2D eigenvalue weighted by Gasteiger charge is 2.24. The molecule has 1 atom stereocenters. The van der Waals surface area contributed by atoms with E-state index in [-0.39, 0.29) is 11.9 Å². The topological polar surface area (TPSA) is 38.7 Å². The van der Waals surface area contributed by atoms with Gasteiger partial charge in [-0.1, -0.05) is 31.8 Å². The third-order valence-electron chi connectivity index (χ3n) is 2.69. The smallest absolute Gasteiger partial charge is 0.180 e. The summed E-state index contributed by atoms with van der Waals surface area (Å²) in [4.78, 5) is 16.8. The van der Waals surface area contributed by atoms with E-state index >= 15 is 0 Å². The maximum atomic E-state index is 11.6. The van der Waals surface area contributed by atoms with Gasteiger partial charge in [-0.05, 0) is 19.3 Å². The first-order chi connectivity index (χ1) is 7.27. The number of oxime groups is 1. The minimum absolute atomic E-state index is 0.158. The van der Waals surface area contributed by atoms with Crippen molar-refractivity contribution in [3.63, 3.8) is 0 Å². The van der Waals surface area contributed by atoms with Crippen LogP contribution in [0.15, 0.2) is 5.16 Å². The van der Waals surface area contributed by atoms with Gasteiger partial charge >= 0.3 is 0 Å². The highest BCUT2D eigenvalue weighted by molar-refractivity contribution is 6.40. The first-order valence-electron chi connectivity index (χ1n) is 6.03. The maximum absolute atomic E-state index is 11.6. The summed E-state index contributed by atoms with van der Waals surface area (Å²) in [6, 6.07) is 0. The first kappa shape index (κ1) is 12.2. The van der Waals surface area contributed by atoms with Crippen molar-refractivity contribution in [2.24, 2.45) is 5.16 Å². The predicted molar refractivity (Wildman–Crippen MR) is 61.0 cm³/mol. The van der Waals surface area contributed by atoms with Crippen molar-refractivity contribution in [1.82, 2.24) is 0 Å². The van der Waals surface area contributed by atoms with Crippen molar-refractivity contribution in [2.75, 3.05) is 0 Å². The second-order valence-electron chi connectivity index (χ2n) is 4.14. The van der Waals surface area contributed by atoms with Gasteiger partial charge in [0.25, 0.3) is 0 Å². The molecule has 0 saturated heterocycles. The fourth-order valence-corrected chi connectivity index (χ4v) is 1.66. The monoisotopic (exact) mass is 211 g/mol. The van der Waals surface area contributed by atoms with Crippen LogP contribution in [-0.4, -0.2) is 17.6 Å². The predicted octanol–water partition coefficient (Wildman–Crippen LogP) is 3.08. The Bertz CT molecular complexity index is 236. The number of rotatable bonds is 7. The van der Waals surface area contributed by atoms with Crippen molar-refractivity contribution in [3.8, 4) is 0 Å². The van der Waals surface area contributed by atoms with Gasteiger partial charge in [0.15, 0.2) is 5.78 Å². The van der Waals surface area contributed by atoms with Crippen LogP contribution >= 0.6 is 0 Å². The molecule has 3 nitrogen and oxygen atoms in total. The number of carbonyl (C=O) groups excluding carboxylic acids is 1. The zero-order valence-electron chi connectivity index (χ0n) is 9.79. The van der Waals surface area contributed by atoms with Gasteiger partial charge in [0, 0.05) is 12.8 Å². The van der Waals surface area contributed by atoms with E-state index in [9.17, 15) is 4.79 Å². The summed E-state index contributed by atoms with van der Waals surface area (Å²) >= 11 is 0. The molecule has 1 heterocycles. The quantitative estimate of drug-likeness (QED) is 0.649. The van der Waals surface area contributed by atoms with Crippen molar-refractivity contribution < 1.29 is 9.63 Å². The fourth-order valence-electron chi connectivity index (χ4n) is 1.66. The Balaban J connectivity index is 2.25. The molecule has 0 bridgehead atoms. The Morgan fingerprint density at radius 2 is 2.13 bits per heavy atom. The summed E-state index contributed by atoms with van der Waals surface area (Å²) in [5, 5.41) is 3.89. The van der Waals surface area contributed by atoms with E-state index in [1.54, 1.807) is 0 Å². The number of hydrogen-bond donors (Lipinski definition) is 0. The molecule has 0 aromatic rings. The number of hydrogen-bond acceptors (Lipinski definition) is 3. The van der Waals surface area contributed by atoms with E-state index in [1.165, 1.54) is 6.42 Å². The van der Waals surface area contributed by atoms with Gasteiger partial charge in [-0.2, -0.15) is 0 Å². The molecule has 0 aromatic heterocycles. The van der Waals surface area contributed by atoms with Crippen LogP contribution in [0.4, 0.5) is 0 Å². The Morgan fingerprint density at radius 1 is 1.40 bits per heavy atom. The number of Topliss-reactive ketones (excluding diaryl/α,β-unsaturated/α-hetero) is 1. The van der Waals surface area contributed by atoms with Crippen LogP contribution in [0.1, 0.15) is 58.8 Å². The number of carbonyl (C=O) groups is 1. The standard InChI is InChI=1S/C12H21NO2/c1-3-5-7-10-9-11(13-15-10)12(14)8-6-4-2/h10H,3-9H2,1-2H3. The van der Waals surface area contributed by atoms with Gasteiger partial charge in [0.05, 0.1) is 0 Å². The summed E-state index contributed by atoms with van der Waals surface area (Å²) in [6.45, 7) is 4.24. The molecule has 3 heteroatoms. The average molecular weight is 211 g/mol. The molecule has 0 amide bonds. The van der Waals surface area contributed by atoms with Crippen molar-refractivity contribution in [3.05, 3.63) is 0 Å². The maximum Gasteiger partial charge on any atom is 0.180 e. The zero-order valence-corrected chi connectivity index (χ0v) is 9.79. The Labute approximate surface area is 91.9 Å². The molecule has 1 aliphatic heterocycles. The molecule has 1 aliphatic rings. The van der Waals surface area contributed by atoms with E-state index in [1.807, 2.05) is 0 Å². The third-order valence-corrected chi connectivity index (χ3v) is 2.69. The minimum atomic E-state index is 0.158. The second-order valence-corrected chi connectivity index (χ2v) is 4.14. The van der Waals surface area contributed by atoms with Gasteiger partial charge < -0.3 is 4.84 Å². The number of ketones is 1. The Morgan fingerprint density at radius 3 is 2.80 bits per heavy atom. The highest BCUT2D eigenvalue weighted by Crippen LogP contribution is 2.17. The zero-order chi connectivity index (χ0) is 11.1. The van der Waals surface area contributed by atoms with Crippen LogP contribution in [0.3, 0.4) is 0 Å². The van der Waals surface area contributed by atoms with Crippen LogP contribution in [0.5, 0.6) is 0 Å². The lowest BCUT2D eigenvalue weighted by Crippen LogP contribution is -2.15. The lowest BCUT2D eigenvalue weighted by Gasteiger charge is -2.05. The normalized spacial score (nSPS) is 19.9. The van der Waals surface area contributed by atoms with Gasteiger partial charge in [-0.15, -0.1) is 0 Å². The molecule has 0 fully saturated rings. The van der Waals surface area contributed by atoms with Gasteiger partial charge in [0.2, 0.25) is 0 Å². The molecule has 1 rings (SSSR count). The van der Waals surface area contributed by atoms with Crippen LogP contribution in [0.25, 0.3) is 0 Å². The molecule has 0 aliphatic carbocycles. The average Bonchev–Trinajstić information content (AvgIpc) is 2.71. The molecule has 0 saturated carbocycles. The summed E-state index contributed by atoms with van der Waals surface area (Å²) in [5.41, 5.74) is 0.657. The molecule has 15 heavy (non-hydrogen) atoms. The largest absolute Gasteiger partial charge is 0.392 e. The van der Waals surface area contributed by atoms with Crippen LogP contribution in [0.2, 0.25) is 0 Å². The van der Waals surface area contributed by atoms with Crippen molar-refractivity contribution in [1.29, 1.82) is 0 Å². The molecule has 0 radical (unpaired) electrons. The molecule has 0 aromatic carbocycles. The van der Waals surface area contributed by atoms with Gasteiger partial charge in [-0.25, -0.2) is 0 Å². The lowest BCUT2D eigenvalue weighted by atomic mass is 10.0. The van der Waals surface area contributed by atoms with Gasteiger partial charge in [-0.3, -0.25) is 4.79 Å². The minimum Gasteiger partial charge on any atom is -0.392 e. The second kappa shape index (κ2) is 6.59. The molecule has 1 unspecified atom stereocenters. The molecule has 0 N–H and O–H groups in total.